The molecule has 1 saturated carbocycles. The molecule has 2 bridgehead atoms. The summed E-state index contributed by atoms with van der Waals surface area (Å²) < 4.78 is 0. The van der Waals surface area contributed by atoms with Crippen molar-refractivity contribution in [3.05, 3.63) is 71.7 Å². The number of aryl methyl sites for hydroxylation is 2. The Labute approximate surface area is 182 Å². The number of rotatable bonds is 4. The molecule has 1 aliphatic carbocycles. The minimum Gasteiger partial charge on any atom is -0.365 e. The first-order chi connectivity index (χ1) is 15.1. The van der Waals surface area contributed by atoms with E-state index in [9.17, 15) is 4.79 Å². The number of nitrogens with zero attached hydrogens (tertiary/aromatic N) is 4. The van der Waals surface area contributed by atoms with E-state index in [1.807, 2.05) is 50.4 Å². The number of anilines is 1. The monoisotopic (exact) mass is 413 g/mol. The summed E-state index contributed by atoms with van der Waals surface area (Å²) >= 11 is 0. The molecule has 6 heteroatoms. The van der Waals surface area contributed by atoms with Gasteiger partial charge in [-0.25, -0.2) is 4.98 Å². The van der Waals surface area contributed by atoms with Crippen LogP contribution in [0.1, 0.15) is 40.7 Å². The molecule has 158 valence electrons. The van der Waals surface area contributed by atoms with Crippen molar-refractivity contribution in [3.8, 4) is 11.4 Å². The second-order valence-electron chi connectivity index (χ2n) is 8.74. The first kappa shape index (κ1) is 19.7. The zero-order valence-electron chi connectivity index (χ0n) is 18.0. The lowest BCUT2D eigenvalue weighted by atomic mass is 9.76. The van der Waals surface area contributed by atoms with E-state index in [0.29, 0.717) is 17.2 Å². The molecule has 3 aromatic heterocycles. The van der Waals surface area contributed by atoms with Crippen LogP contribution in [0.2, 0.25) is 0 Å². The summed E-state index contributed by atoms with van der Waals surface area (Å²) in [6.07, 6.45) is 8.62. The number of carbonyl (C=O) groups is 1. The third-order valence-electron chi connectivity index (χ3n) is 6.56. The van der Waals surface area contributed by atoms with Crippen molar-refractivity contribution in [1.82, 2.24) is 19.9 Å². The third-order valence-corrected chi connectivity index (χ3v) is 6.56. The van der Waals surface area contributed by atoms with Gasteiger partial charge < -0.3 is 10.2 Å². The largest absolute Gasteiger partial charge is 0.365 e. The molecule has 3 atom stereocenters. The van der Waals surface area contributed by atoms with Crippen molar-refractivity contribution >= 4 is 11.7 Å². The highest BCUT2D eigenvalue weighted by Crippen LogP contribution is 2.38. The molecule has 2 saturated heterocycles. The Morgan fingerprint density at radius 1 is 1.00 bits per heavy atom. The zero-order chi connectivity index (χ0) is 21.4. The van der Waals surface area contributed by atoms with Crippen LogP contribution in [-0.2, 0) is 0 Å². The van der Waals surface area contributed by atoms with E-state index in [4.69, 9.17) is 0 Å². The normalized spacial score (nSPS) is 22.4. The lowest BCUT2D eigenvalue weighted by molar-refractivity contribution is 0.0282. The summed E-state index contributed by atoms with van der Waals surface area (Å²) in [6.45, 7) is 4.84. The molecular weight excluding hydrogens is 386 g/mol. The molecular formula is C25H27N5O. The van der Waals surface area contributed by atoms with Crippen LogP contribution >= 0.6 is 0 Å². The van der Waals surface area contributed by atoms with E-state index in [-0.39, 0.29) is 18.0 Å². The van der Waals surface area contributed by atoms with Crippen LogP contribution in [0.25, 0.3) is 11.4 Å². The van der Waals surface area contributed by atoms with Crippen molar-refractivity contribution in [2.75, 3.05) is 11.9 Å². The average molecular weight is 414 g/mol. The molecule has 3 aliphatic rings. The minimum atomic E-state index is 0.0474. The highest BCUT2D eigenvalue weighted by atomic mass is 16.2. The number of nitrogens with one attached hydrogen (secondary N) is 1. The quantitative estimate of drug-likeness (QED) is 0.692. The molecule has 2 aliphatic heterocycles. The topological polar surface area (TPSA) is 71.0 Å². The third kappa shape index (κ3) is 3.78. The molecule has 5 heterocycles. The number of aromatic nitrogens is 3. The first-order valence-corrected chi connectivity index (χ1v) is 11.0. The number of piperidine rings is 2. The number of hydrogen-bond donors (Lipinski definition) is 1. The van der Waals surface area contributed by atoms with Gasteiger partial charge in [0.2, 0.25) is 0 Å². The maximum absolute atomic E-state index is 13.8. The lowest BCUT2D eigenvalue weighted by Crippen LogP contribution is -2.59. The molecule has 6 rings (SSSR count). The molecule has 3 unspecified atom stereocenters. The van der Waals surface area contributed by atoms with Crippen LogP contribution in [0.5, 0.6) is 0 Å². The fourth-order valence-electron chi connectivity index (χ4n) is 4.98. The zero-order valence-corrected chi connectivity index (χ0v) is 18.0. The predicted molar refractivity (Wildman–Crippen MR) is 121 cm³/mol. The molecule has 1 amide bonds. The summed E-state index contributed by atoms with van der Waals surface area (Å²) in [4.78, 5) is 29.4. The molecule has 6 nitrogen and oxygen atoms in total. The minimum absolute atomic E-state index is 0.0474. The second-order valence-corrected chi connectivity index (χ2v) is 8.74. The van der Waals surface area contributed by atoms with Crippen LogP contribution in [-0.4, -0.2) is 44.4 Å². The van der Waals surface area contributed by atoms with Gasteiger partial charge in [0.05, 0.1) is 17.3 Å². The van der Waals surface area contributed by atoms with Crippen LogP contribution in [0.3, 0.4) is 0 Å². The molecule has 31 heavy (non-hydrogen) atoms. The number of fused-ring (bicyclic) bond motifs is 3. The molecule has 1 N–H and O–H groups in total. The van der Waals surface area contributed by atoms with Crippen LogP contribution in [0.4, 0.5) is 5.82 Å². The molecule has 0 radical (unpaired) electrons. The Balaban J connectivity index is 1.44. The van der Waals surface area contributed by atoms with Crippen molar-refractivity contribution in [2.24, 2.45) is 5.92 Å². The molecule has 3 aromatic rings. The molecule has 3 fully saturated rings. The summed E-state index contributed by atoms with van der Waals surface area (Å²) in [5.74, 6) is 1.43. The number of carbonyl (C=O) groups excluding carboxylic acids is 1. The van der Waals surface area contributed by atoms with Crippen molar-refractivity contribution < 1.29 is 4.79 Å². The van der Waals surface area contributed by atoms with Crippen LogP contribution in [0.15, 0.2) is 55.0 Å². The average Bonchev–Trinajstić information content (AvgIpc) is 2.81. The van der Waals surface area contributed by atoms with Gasteiger partial charge in [-0.05, 0) is 74.4 Å². The van der Waals surface area contributed by atoms with Gasteiger partial charge in [0.15, 0.2) is 0 Å². The van der Waals surface area contributed by atoms with Gasteiger partial charge in [-0.3, -0.25) is 14.8 Å². The van der Waals surface area contributed by atoms with Gasteiger partial charge in [-0.15, -0.1) is 0 Å². The highest BCUT2D eigenvalue weighted by Gasteiger charge is 2.43. The predicted octanol–water partition coefficient (Wildman–Crippen LogP) is 4.26. The van der Waals surface area contributed by atoms with Crippen LogP contribution < -0.4 is 5.32 Å². The summed E-state index contributed by atoms with van der Waals surface area (Å²) in [5, 5.41) is 3.60. The highest BCUT2D eigenvalue weighted by molar-refractivity contribution is 6.00. The Morgan fingerprint density at radius 2 is 1.81 bits per heavy atom. The summed E-state index contributed by atoms with van der Waals surface area (Å²) in [7, 11) is 0. The van der Waals surface area contributed by atoms with Crippen molar-refractivity contribution in [3.63, 3.8) is 0 Å². The number of amides is 1. The van der Waals surface area contributed by atoms with Gasteiger partial charge in [0.25, 0.3) is 5.91 Å². The van der Waals surface area contributed by atoms with Crippen LogP contribution in [0, 0.1) is 19.8 Å². The van der Waals surface area contributed by atoms with Crippen molar-refractivity contribution in [2.45, 2.75) is 45.2 Å². The Hall–Kier alpha value is -3.28. The van der Waals surface area contributed by atoms with E-state index >= 15 is 0 Å². The second kappa shape index (κ2) is 8.10. The Bertz CT molecular complexity index is 1100. The fourth-order valence-corrected chi connectivity index (χ4v) is 4.98. The van der Waals surface area contributed by atoms with E-state index in [1.165, 1.54) is 6.42 Å². The van der Waals surface area contributed by atoms with Gasteiger partial charge >= 0.3 is 0 Å². The molecule has 0 aromatic carbocycles. The maximum atomic E-state index is 13.8. The summed E-state index contributed by atoms with van der Waals surface area (Å²) in [6, 6.07) is 12.1. The smallest absolute Gasteiger partial charge is 0.256 e. The lowest BCUT2D eigenvalue weighted by Gasteiger charge is -2.50. The van der Waals surface area contributed by atoms with E-state index in [1.54, 1.807) is 12.4 Å². The standard InChI is InChI=1S/C25H27N5O/c1-16-7-10-22(28-14-16)29-20-13-18-8-9-21(20)30(15-18)25(31)19-6-4-12-27-24(19)23-17(2)5-3-11-26-23/h3-7,10-12,14,18,20-21H,8-9,13,15H2,1-2H3,(H,28,29). The Kier molecular flexibility index (Phi) is 5.14. The number of hydrogen-bond acceptors (Lipinski definition) is 5. The van der Waals surface area contributed by atoms with Gasteiger partial charge in [-0.1, -0.05) is 12.1 Å². The van der Waals surface area contributed by atoms with Crippen molar-refractivity contribution in [1.29, 1.82) is 0 Å². The van der Waals surface area contributed by atoms with Gasteiger partial charge in [0, 0.05) is 31.2 Å². The van der Waals surface area contributed by atoms with Gasteiger partial charge in [0.1, 0.15) is 11.5 Å². The van der Waals surface area contributed by atoms with E-state index in [2.05, 4.69) is 31.2 Å². The first-order valence-electron chi connectivity index (χ1n) is 11.0. The number of pyridine rings is 3. The molecule has 0 spiro atoms. The van der Waals surface area contributed by atoms with E-state index < -0.39 is 0 Å². The summed E-state index contributed by atoms with van der Waals surface area (Å²) in [5.41, 5.74) is 4.22. The SMILES string of the molecule is Cc1ccc(NC2CC3CCC2N(C(=O)c2cccnc2-c2ncccc2C)C3)nc1. The van der Waals surface area contributed by atoms with E-state index in [0.717, 1.165) is 42.0 Å². The fraction of sp³-hybridized carbons (Fsp3) is 0.360. The Morgan fingerprint density at radius 3 is 2.55 bits per heavy atom. The van der Waals surface area contributed by atoms with Gasteiger partial charge in [-0.2, -0.15) is 0 Å². The maximum Gasteiger partial charge on any atom is 0.256 e.